The highest BCUT2D eigenvalue weighted by Gasteiger charge is 2.21. The number of thioether (sulfide) groups is 1. The van der Waals surface area contributed by atoms with Gasteiger partial charge < -0.3 is 16.0 Å². The van der Waals surface area contributed by atoms with Gasteiger partial charge in [0.05, 0.1) is 11.3 Å². The third kappa shape index (κ3) is 3.45. The molecular weight excluding hydrogens is 267 g/mol. The molecule has 0 aliphatic rings. The Morgan fingerprint density at radius 3 is 2.79 bits per heavy atom. The van der Waals surface area contributed by atoms with Crippen molar-refractivity contribution in [2.45, 2.75) is 30.0 Å². The molecule has 0 amide bonds. The molecular formula is C12H15FN4OS. The van der Waals surface area contributed by atoms with Gasteiger partial charge in [-0.2, -0.15) is 4.98 Å². The molecule has 7 heteroatoms. The maximum Gasteiger partial charge on any atom is 0.237 e. The molecule has 0 aliphatic heterocycles. The quantitative estimate of drug-likeness (QED) is 0.660. The second kappa shape index (κ2) is 5.18. The van der Waals surface area contributed by atoms with Crippen LogP contribution in [0.3, 0.4) is 0 Å². The van der Waals surface area contributed by atoms with E-state index in [4.69, 9.17) is 16.0 Å². The Balaban J connectivity index is 2.06. The van der Waals surface area contributed by atoms with Crippen molar-refractivity contribution in [1.29, 1.82) is 0 Å². The molecule has 1 heterocycles. The first-order valence-electron chi connectivity index (χ1n) is 5.66. The standard InChI is InChI=1S/C12H15FN4OS/c1-12(2,15)11-16-10(18-17-11)6-19-9-5-7(13)3-4-8(9)14/h3-5H,6,14-15H2,1-2H3. The molecule has 1 aromatic carbocycles. The van der Waals surface area contributed by atoms with Gasteiger partial charge in [0.1, 0.15) is 5.82 Å². The lowest BCUT2D eigenvalue weighted by molar-refractivity contribution is 0.370. The van der Waals surface area contributed by atoms with Crippen LogP contribution in [0.4, 0.5) is 10.1 Å². The lowest BCUT2D eigenvalue weighted by atomic mass is 10.1. The maximum atomic E-state index is 13.1. The summed E-state index contributed by atoms with van der Waals surface area (Å²) in [4.78, 5) is 4.84. The van der Waals surface area contributed by atoms with Gasteiger partial charge in [-0.3, -0.25) is 0 Å². The van der Waals surface area contributed by atoms with Crippen molar-refractivity contribution in [3.8, 4) is 0 Å². The van der Waals surface area contributed by atoms with Crippen LogP contribution in [0.2, 0.25) is 0 Å². The Labute approximate surface area is 114 Å². The fourth-order valence-corrected chi connectivity index (χ4v) is 2.17. The van der Waals surface area contributed by atoms with Gasteiger partial charge in [-0.25, -0.2) is 4.39 Å². The van der Waals surface area contributed by atoms with Crippen molar-refractivity contribution in [2.24, 2.45) is 5.73 Å². The van der Waals surface area contributed by atoms with Crippen molar-refractivity contribution in [1.82, 2.24) is 10.1 Å². The molecule has 0 bridgehead atoms. The Hall–Kier alpha value is -1.60. The van der Waals surface area contributed by atoms with Crippen LogP contribution < -0.4 is 11.5 Å². The smallest absolute Gasteiger partial charge is 0.237 e. The third-order valence-corrected chi connectivity index (χ3v) is 3.43. The first-order chi connectivity index (χ1) is 8.86. The molecule has 19 heavy (non-hydrogen) atoms. The van der Waals surface area contributed by atoms with E-state index in [-0.39, 0.29) is 5.82 Å². The largest absolute Gasteiger partial charge is 0.398 e. The molecule has 1 aromatic heterocycles. The van der Waals surface area contributed by atoms with Crippen LogP contribution in [0.15, 0.2) is 27.6 Å². The number of nitrogens with two attached hydrogens (primary N) is 2. The average molecular weight is 282 g/mol. The normalized spacial score (nSPS) is 11.8. The summed E-state index contributed by atoms with van der Waals surface area (Å²) >= 11 is 1.34. The van der Waals surface area contributed by atoms with Gasteiger partial charge in [0.25, 0.3) is 0 Å². The van der Waals surface area contributed by atoms with E-state index in [1.54, 1.807) is 13.8 Å². The highest BCUT2D eigenvalue weighted by molar-refractivity contribution is 7.98. The van der Waals surface area contributed by atoms with E-state index in [2.05, 4.69) is 10.1 Å². The lowest BCUT2D eigenvalue weighted by Gasteiger charge is -2.11. The molecule has 2 rings (SSSR count). The van der Waals surface area contributed by atoms with E-state index in [1.807, 2.05) is 0 Å². The Morgan fingerprint density at radius 1 is 1.42 bits per heavy atom. The minimum absolute atomic E-state index is 0.328. The van der Waals surface area contributed by atoms with Crippen LogP contribution in [0.25, 0.3) is 0 Å². The second-order valence-corrected chi connectivity index (χ2v) is 5.72. The summed E-state index contributed by atoms with van der Waals surface area (Å²) in [5.74, 6) is 0.958. The van der Waals surface area contributed by atoms with E-state index in [0.29, 0.717) is 28.1 Å². The van der Waals surface area contributed by atoms with Gasteiger partial charge in [-0.05, 0) is 32.0 Å². The molecule has 0 saturated heterocycles. The summed E-state index contributed by atoms with van der Waals surface area (Å²) in [6, 6.07) is 4.23. The number of hydrogen-bond donors (Lipinski definition) is 2. The minimum atomic E-state index is -0.649. The minimum Gasteiger partial charge on any atom is -0.398 e. The maximum absolute atomic E-state index is 13.1. The van der Waals surface area contributed by atoms with Crippen molar-refractivity contribution in [3.63, 3.8) is 0 Å². The van der Waals surface area contributed by atoms with Crippen LogP contribution in [0.1, 0.15) is 25.6 Å². The number of nitrogens with zero attached hydrogens (tertiary/aromatic N) is 2. The lowest BCUT2D eigenvalue weighted by Crippen LogP contribution is -2.30. The Bertz CT molecular complexity index is 579. The molecule has 0 aliphatic carbocycles. The number of aromatic nitrogens is 2. The van der Waals surface area contributed by atoms with Crippen molar-refractivity contribution >= 4 is 17.4 Å². The Kier molecular flexibility index (Phi) is 3.77. The van der Waals surface area contributed by atoms with Gasteiger partial charge in [0.2, 0.25) is 5.89 Å². The van der Waals surface area contributed by atoms with Crippen molar-refractivity contribution in [3.05, 3.63) is 35.7 Å². The highest BCUT2D eigenvalue weighted by Crippen LogP contribution is 2.28. The summed E-state index contributed by atoms with van der Waals surface area (Å²) in [5, 5.41) is 3.81. The van der Waals surface area contributed by atoms with E-state index in [9.17, 15) is 4.39 Å². The summed E-state index contributed by atoms with van der Waals surface area (Å²) in [6.45, 7) is 3.58. The van der Waals surface area contributed by atoms with Crippen molar-refractivity contribution in [2.75, 3.05) is 5.73 Å². The van der Waals surface area contributed by atoms with Crippen LogP contribution >= 0.6 is 11.8 Å². The van der Waals surface area contributed by atoms with Crippen LogP contribution in [0, 0.1) is 5.82 Å². The molecule has 4 N–H and O–H groups in total. The monoisotopic (exact) mass is 282 g/mol. The molecule has 102 valence electrons. The van der Waals surface area contributed by atoms with E-state index < -0.39 is 5.54 Å². The van der Waals surface area contributed by atoms with E-state index >= 15 is 0 Å². The number of benzene rings is 1. The number of halogens is 1. The van der Waals surface area contributed by atoms with Crippen LogP contribution in [0.5, 0.6) is 0 Å². The number of hydrogen-bond acceptors (Lipinski definition) is 6. The number of nitrogen functional groups attached to an aromatic ring is 1. The molecule has 0 atom stereocenters. The summed E-state index contributed by atoms with van der Waals surface area (Å²) in [5.41, 5.74) is 11.5. The molecule has 0 spiro atoms. The molecule has 2 aromatic rings. The van der Waals surface area contributed by atoms with Crippen LogP contribution in [-0.2, 0) is 11.3 Å². The SMILES string of the molecule is CC(C)(N)c1noc(CSc2cc(F)ccc2N)n1. The first kappa shape index (κ1) is 13.8. The highest BCUT2D eigenvalue weighted by atomic mass is 32.2. The van der Waals surface area contributed by atoms with Gasteiger partial charge in [-0.15, -0.1) is 11.8 Å². The third-order valence-electron chi connectivity index (χ3n) is 2.37. The zero-order valence-electron chi connectivity index (χ0n) is 10.7. The van der Waals surface area contributed by atoms with E-state index in [0.717, 1.165) is 0 Å². The van der Waals surface area contributed by atoms with Crippen LogP contribution in [-0.4, -0.2) is 10.1 Å². The van der Waals surface area contributed by atoms with Crippen molar-refractivity contribution < 1.29 is 8.91 Å². The second-order valence-electron chi connectivity index (χ2n) is 4.70. The van der Waals surface area contributed by atoms with Gasteiger partial charge >= 0.3 is 0 Å². The van der Waals surface area contributed by atoms with E-state index in [1.165, 1.54) is 30.0 Å². The summed E-state index contributed by atoms with van der Waals surface area (Å²) < 4.78 is 18.2. The van der Waals surface area contributed by atoms with Gasteiger partial charge in [-0.1, -0.05) is 5.16 Å². The fourth-order valence-electron chi connectivity index (χ4n) is 1.35. The first-order valence-corrected chi connectivity index (χ1v) is 6.64. The van der Waals surface area contributed by atoms with Gasteiger partial charge in [0, 0.05) is 10.6 Å². The average Bonchev–Trinajstić information content (AvgIpc) is 2.79. The predicted octanol–water partition coefficient (Wildman–Crippen LogP) is 2.28. The topological polar surface area (TPSA) is 91.0 Å². The molecule has 0 radical (unpaired) electrons. The molecule has 0 saturated carbocycles. The molecule has 0 unspecified atom stereocenters. The number of rotatable bonds is 4. The zero-order chi connectivity index (χ0) is 14.0. The molecule has 0 fully saturated rings. The van der Waals surface area contributed by atoms with Gasteiger partial charge in [0.15, 0.2) is 5.82 Å². The molecule has 5 nitrogen and oxygen atoms in total. The number of anilines is 1. The predicted molar refractivity (Wildman–Crippen MR) is 71.9 cm³/mol. The Morgan fingerprint density at radius 2 is 2.16 bits per heavy atom. The zero-order valence-corrected chi connectivity index (χ0v) is 11.5. The fraction of sp³-hybridized carbons (Fsp3) is 0.333. The summed E-state index contributed by atoms with van der Waals surface area (Å²) in [7, 11) is 0. The summed E-state index contributed by atoms with van der Waals surface area (Å²) in [6.07, 6.45) is 0.